The van der Waals surface area contributed by atoms with Crippen molar-refractivity contribution in [2.75, 3.05) is 0 Å². The van der Waals surface area contributed by atoms with E-state index in [0.29, 0.717) is 11.3 Å². The number of hydrogen-bond acceptors (Lipinski definition) is 2. The van der Waals surface area contributed by atoms with Crippen LogP contribution >= 0.6 is 11.6 Å². The van der Waals surface area contributed by atoms with Crippen LogP contribution in [0.25, 0.3) is 0 Å². The minimum absolute atomic E-state index is 0.0311. The highest BCUT2D eigenvalue weighted by atomic mass is 35.5. The molecule has 0 aliphatic rings. The third kappa shape index (κ3) is 3.71. The van der Waals surface area contributed by atoms with Crippen LogP contribution in [0.5, 0.6) is 5.75 Å². The molecule has 20 heavy (non-hydrogen) atoms. The lowest BCUT2D eigenvalue weighted by Gasteiger charge is -2.10. The molecule has 2 rings (SSSR count). The van der Waals surface area contributed by atoms with Gasteiger partial charge in [0.1, 0.15) is 18.2 Å². The summed E-state index contributed by atoms with van der Waals surface area (Å²) in [5.74, 6) is -1.12. The van der Waals surface area contributed by atoms with E-state index in [9.17, 15) is 9.18 Å². The first-order valence-corrected chi connectivity index (χ1v) is 6.30. The summed E-state index contributed by atoms with van der Waals surface area (Å²) in [6.07, 6.45) is -0.0749. The van der Waals surface area contributed by atoms with Gasteiger partial charge in [0.2, 0.25) is 0 Å². The van der Waals surface area contributed by atoms with Gasteiger partial charge in [-0.15, -0.1) is 0 Å². The van der Waals surface area contributed by atoms with Gasteiger partial charge in [0.05, 0.1) is 11.4 Å². The van der Waals surface area contributed by atoms with Gasteiger partial charge >= 0.3 is 5.97 Å². The number of carboxylic acid groups (broad SMARTS) is 1. The van der Waals surface area contributed by atoms with Gasteiger partial charge in [-0.2, -0.15) is 0 Å². The molecule has 0 bridgehead atoms. The fourth-order valence-electron chi connectivity index (χ4n) is 1.76. The predicted molar refractivity (Wildman–Crippen MR) is 73.5 cm³/mol. The molecule has 0 saturated carbocycles. The second-order valence-corrected chi connectivity index (χ2v) is 4.61. The minimum Gasteiger partial charge on any atom is -0.489 e. The summed E-state index contributed by atoms with van der Waals surface area (Å²) in [6, 6.07) is 11.2. The zero-order valence-electron chi connectivity index (χ0n) is 10.5. The highest BCUT2D eigenvalue weighted by molar-refractivity contribution is 6.30. The van der Waals surface area contributed by atoms with Gasteiger partial charge in [0, 0.05) is 6.07 Å². The lowest BCUT2D eigenvalue weighted by atomic mass is 10.1. The monoisotopic (exact) mass is 294 g/mol. The number of ether oxygens (including phenoxy) is 1. The number of carboxylic acids is 1. The molecule has 0 aromatic heterocycles. The topological polar surface area (TPSA) is 46.5 Å². The summed E-state index contributed by atoms with van der Waals surface area (Å²) in [7, 11) is 0. The normalized spacial score (nSPS) is 10.3. The molecule has 0 heterocycles. The largest absolute Gasteiger partial charge is 0.489 e. The third-order valence-corrected chi connectivity index (χ3v) is 3.05. The van der Waals surface area contributed by atoms with E-state index >= 15 is 0 Å². The zero-order chi connectivity index (χ0) is 14.5. The molecule has 0 spiro atoms. The maximum atomic E-state index is 13.3. The number of halogens is 2. The van der Waals surface area contributed by atoms with Gasteiger partial charge in [-0.05, 0) is 23.3 Å². The summed E-state index contributed by atoms with van der Waals surface area (Å²) in [5.41, 5.74) is 1.43. The van der Waals surface area contributed by atoms with Gasteiger partial charge in [0.15, 0.2) is 0 Å². The molecule has 2 aromatic rings. The van der Waals surface area contributed by atoms with E-state index in [-0.39, 0.29) is 18.1 Å². The Morgan fingerprint density at radius 3 is 2.55 bits per heavy atom. The molecule has 0 aliphatic carbocycles. The first-order chi connectivity index (χ1) is 9.56. The smallest absolute Gasteiger partial charge is 0.307 e. The van der Waals surface area contributed by atoms with Gasteiger partial charge in [0.25, 0.3) is 0 Å². The Labute approximate surface area is 120 Å². The third-order valence-electron chi connectivity index (χ3n) is 2.75. The van der Waals surface area contributed by atoms with Crippen LogP contribution in [0.3, 0.4) is 0 Å². The van der Waals surface area contributed by atoms with Gasteiger partial charge in [-0.1, -0.05) is 35.9 Å². The molecule has 0 radical (unpaired) electrons. The fourth-order valence-corrected chi connectivity index (χ4v) is 1.88. The second kappa shape index (κ2) is 6.39. The Kier molecular flexibility index (Phi) is 4.58. The van der Waals surface area contributed by atoms with Gasteiger partial charge in [-0.3, -0.25) is 4.79 Å². The van der Waals surface area contributed by atoms with Crippen LogP contribution < -0.4 is 4.74 Å². The molecule has 0 atom stereocenters. The van der Waals surface area contributed by atoms with Crippen LogP contribution in [0.15, 0.2) is 42.5 Å². The molecule has 0 saturated heterocycles. The van der Waals surface area contributed by atoms with Crippen LogP contribution in [0.4, 0.5) is 4.39 Å². The Hall–Kier alpha value is -2.07. The van der Waals surface area contributed by atoms with Crippen molar-refractivity contribution in [3.05, 3.63) is 64.4 Å². The first-order valence-electron chi connectivity index (χ1n) is 5.92. The van der Waals surface area contributed by atoms with Gasteiger partial charge < -0.3 is 9.84 Å². The number of benzene rings is 2. The van der Waals surface area contributed by atoms with Crippen LogP contribution in [0.1, 0.15) is 11.1 Å². The van der Waals surface area contributed by atoms with Crippen LogP contribution in [0, 0.1) is 5.82 Å². The van der Waals surface area contributed by atoms with E-state index in [1.54, 1.807) is 30.3 Å². The van der Waals surface area contributed by atoms with Crippen LogP contribution in [0.2, 0.25) is 5.02 Å². The highest BCUT2D eigenvalue weighted by Crippen LogP contribution is 2.21. The summed E-state index contributed by atoms with van der Waals surface area (Å²) in [5, 5.41) is 8.87. The fraction of sp³-hybridized carbons (Fsp3) is 0.133. The Morgan fingerprint density at radius 1 is 1.20 bits per heavy atom. The van der Waals surface area contributed by atoms with Crippen molar-refractivity contribution in [2.24, 2.45) is 0 Å². The average Bonchev–Trinajstić information content (AvgIpc) is 2.41. The summed E-state index contributed by atoms with van der Waals surface area (Å²) in [4.78, 5) is 10.8. The van der Waals surface area contributed by atoms with Crippen molar-refractivity contribution in [2.45, 2.75) is 13.0 Å². The SMILES string of the molecule is O=C(O)Cc1ccccc1COc1ccc(Cl)c(F)c1. The molecule has 0 unspecified atom stereocenters. The number of hydrogen-bond donors (Lipinski definition) is 1. The maximum absolute atomic E-state index is 13.3. The molecule has 5 heteroatoms. The predicted octanol–water partition coefficient (Wildman–Crippen LogP) is 3.69. The molecular weight excluding hydrogens is 283 g/mol. The minimum atomic E-state index is -0.907. The lowest BCUT2D eigenvalue weighted by molar-refractivity contribution is -0.136. The molecule has 0 aliphatic heterocycles. The van der Waals surface area contributed by atoms with Crippen LogP contribution in [-0.2, 0) is 17.8 Å². The maximum Gasteiger partial charge on any atom is 0.307 e. The lowest BCUT2D eigenvalue weighted by Crippen LogP contribution is -2.05. The van der Waals surface area contributed by atoms with Crippen molar-refractivity contribution in [1.82, 2.24) is 0 Å². The molecule has 0 amide bonds. The van der Waals surface area contributed by atoms with E-state index in [2.05, 4.69) is 0 Å². The molecule has 3 nitrogen and oxygen atoms in total. The number of carbonyl (C=O) groups is 1. The standard InChI is InChI=1S/C15H12ClFO3/c16-13-6-5-12(8-14(13)17)20-9-11-4-2-1-3-10(11)7-15(18)19/h1-6,8H,7,9H2,(H,18,19). The van der Waals surface area contributed by atoms with Crippen LogP contribution in [-0.4, -0.2) is 11.1 Å². The Bertz CT molecular complexity index is 628. The zero-order valence-corrected chi connectivity index (χ0v) is 11.2. The molecule has 2 aromatic carbocycles. The number of rotatable bonds is 5. The van der Waals surface area contributed by atoms with E-state index in [0.717, 1.165) is 5.56 Å². The van der Waals surface area contributed by atoms with E-state index in [4.69, 9.17) is 21.4 Å². The second-order valence-electron chi connectivity index (χ2n) is 4.20. The van der Waals surface area contributed by atoms with Crippen molar-refractivity contribution in [3.8, 4) is 5.75 Å². The summed E-state index contributed by atoms with van der Waals surface area (Å²) >= 11 is 5.58. The quantitative estimate of drug-likeness (QED) is 0.915. The number of aliphatic carboxylic acids is 1. The molecule has 0 fully saturated rings. The van der Waals surface area contributed by atoms with Crippen molar-refractivity contribution in [1.29, 1.82) is 0 Å². The van der Waals surface area contributed by atoms with Crippen molar-refractivity contribution < 1.29 is 19.0 Å². The summed E-state index contributed by atoms with van der Waals surface area (Å²) in [6.45, 7) is 0.171. The van der Waals surface area contributed by atoms with Crippen molar-refractivity contribution >= 4 is 17.6 Å². The van der Waals surface area contributed by atoms with Gasteiger partial charge in [-0.25, -0.2) is 4.39 Å². The van der Waals surface area contributed by atoms with E-state index in [1.807, 2.05) is 0 Å². The summed E-state index contributed by atoms with van der Waals surface area (Å²) < 4.78 is 18.7. The Morgan fingerprint density at radius 2 is 1.90 bits per heavy atom. The average molecular weight is 295 g/mol. The Balaban J connectivity index is 2.10. The van der Waals surface area contributed by atoms with E-state index < -0.39 is 11.8 Å². The first kappa shape index (κ1) is 14.3. The molecule has 104 valence electrons. The van der Waals surface area contributed by atoms with E-state index in [1.165, 1.54) is 12.1 Å². The molecular formula is C15H12ClFO3. The highest BCUT2D eigenvalue weighted by Gasteiger charge is 2.07. The van der Waals surface area contributed by atoms with Crippen molar-refractivity contribution in [3.63, 3.8) is 0 Å². The molecule has 1 N–H and O–H groups in total.